The van der Waals surface area contributed by atoms with Gasteiger partial charge in [0, 0.05) is 62.2 Å². The minimum atomic E-state index is -0.382. The zero-order valence-electron chi connectivity index (χ0n) is 57.7. The number of fused-ring (bicyclic) bond motifs is 8. The van der Waals surface area contributed by atoms with Crippen LogP contribution in [-0.2, 0) is 9.31 Å². The minimum absolute atomic E-state index is 0. The summed E-state index contributed by atoms with van der Waals surface area (Å²) in [5.41, 5.74) is 16.5. The molecular formula is C93H74BClN8O2. The molecule has 0 unspecified atom stereocenters. The molecule has 10 nitrogen and oxygen atoms in total. The van der Waals surface area contributed by atoms with E-state index in [0.29, 0.717) is 29.1 Å². The van der Waals surface area contributed by atoms with Gasteiger partial charge in [0.25, 0.3) is 0 Å². The molecule has 14 aromatic carbocycles. The van der Waals surface area contributed by atoms with Crippen LogP contribution in [0, 0.1) is 0 Å². The number of hydrogen-bond acceptors (Lipinski definition) is 8. The van der Waals surface area contributed by atoms with Crippen LogP contribution < -0.4 is 5.46 Å². The van der Waals surface area contributed by atoms with Crippen molar-refractivity contribution in [2.45, 2.75) is 46.3 Å². The highest BCUT2D eigenvalue weighted by atomic mass is 35.5. The first-order chi connectivity index (χ1) is 50.9. The molecule has 508 valence electrons. The highest BCUT2D eigenvalue weighted by molar-refractivity contribution is 6.62. The van der Waals surface area contributed by atoms with Gasteiger partial charge in [-0.3, -0.25) is 0 Å². The van der Waals surface area contributed by atoms with Crippen LogP contribution in [0.3, 0.4) is 0 Å². The van der Waals surface area contributed by atoms with E-state index in [1.165, 1.54) is 59.7 Å². The number of aromatic nitrogens is 8. The maximum absolute atomic E-state index is 6.34. The van der Waals surface area contributed by atoms with Gasteiger partial charge in [0.2, 0.25) is 5.28 Å². The summed E-state index contributed by atoms with van der Waals surface area (Å²) in [5.74, 6) is 3.07. The van der Waals surface area contributed by atoms with Gasteiger partial charge in [0.15, 0.2) is 29.1 Å². The molecule has 1 saturated heterocycles. The molecule has 0 bridgehead atoms. The van der Waals surface area contributed by atoms with Crippen molar-refractivity contribution in [3.05, 3.63) is 345 Å². The van der Waals surface area contributed by atoms with Crippen LogP contribution >= 0.6 is 11.6 Å². The number of nitrogens with zero attached hydrogens (tertiary/aromatic N) is 8. The van der Waals surface area contributed by atoms with Gasteiger partial charge in [-0.1, -0.05) is 299 Å². The van der Waals surface area contributed by atoms with Crippen LogP contribution in [0.25, 0.3) is 156 Å². The van der Waals surface area contributed by atoms with Crippen LogP contribution in [0.4, 0.5) is 0 Å². The second-order valence-corrected chi connectivity index (χ2v) is 27.4. The third-order valence-corrected chi connectivity index (χ3v) is 20.1. The Morgan fingerprint density at radius 3 is 1.02 bits per heavy atom. The molecule has 18 aromatic rings. The summed E-state index contributed by atoms with van der Waals surface area (Å²) in [7, 11) is -0.382. The summed E-state index contributed by atoms with van der Waals surface area (Å²) in [6.45, 7) is 8.38. The Bertz CT molecular complexity index is 6180. The summed E-state index contributed by atoms with van der Waals surface area (Å²) < 4.78 is 17.4. The molecule has 0 atom stereocenters. The molecule has 0 N–H and O–H groups in total. The molecule has 12 heteroatoms. The Hall–Kier alpha value is -12.5. The van der Waals surface area contributed by atoms with Crippen LogP contribution in [0.2, 0.25) is 5.28 Å². The number of para-hydroxylation sites is 2. The quantitative estimate of drug-likeness (QED) is 0.125. The maximum Gasteiger partial charge on any atom is 0.494 e. The third-order valence-electron chi connectivity index (χ3n) is 19.9. The van der Waals surface area contributed by atoms with E-state index in [1.54, 1.807) is 0 Å². The Labute approximate surface area is 617 Å². The van der Waals surface area contributed by atoms with E-state index in [0.717, 1.165) is 72.3 Å². The van der Waals surface area contributed by atoms with Gasteiger partial charge < -0.3 is 18.4 Å². The first-order valence-electron chi connectivity index (χ1n) is 34.9. The van der Waals surface area contributed by atoms with E-state index in [-0.39, 0.29) is 32.5 Å². The molecule has 1 aliphatic rings. The topological polar surface area (TPSA) is 106 Å². The van der Waals surface area contributed by atoms with Gasteiger partial charge in [-0.05, 0) is 137 Å². The Balaban J connectivity index is 0.000000133. The second-order valence-electron chi connectivity index (χ2n) is 27.0. The van der Waals surface area contributed by atoms with Crippen LogP contribution in [-0.4, -0.2) is 57.4 Å². The molecule has 19 rings (SSSR count). The molecule has 0 aliphatic carbocycles. The number of benzene rings is 14. The first kappa shape index (κ1) is 67.0. The van der Waals surface area contributed by atoms with Crippen LogP contribution in [0.1, 0.15) is 36.5 Å². The number of rotatable bonds is 10. The highest BCUT2D eigenvalue weighted by Crippen LogP contribution is 2.40. The molecule has 0 amide bonds. The molecule has 0 saturated carbocycles. The maximum atomic E-state index is 6.34. The number of hydrogen-bond donors (Lipinski definition) is 0. The molecule has 5 heterocycles. The average molecular weight is 1380 g/mol. The first-order valence-corrected chi connectivity index (χ1v) is 35.3. The van der Waals surface area contributed by atoms with Gasteiger partial charge in [0.05, 0.1) is 33.3 Å². The smallest absolute Gasteiger partial charge is 0.399 e. The largest absolute Gasteiger partial charge is 0.494 e. The van der Waals surface area contributed by atoms with Crippen molar-refractivity contribution in [3.63, 3.8) is 0 Å². The standard InChI is InChI=1S/C43H28N4.C28H26BNO2.C21H14ClN3.CH4.H2/c1-3-11-29(12-4-1)31-19-21-33(22-20-31)42-44-41(32-14-5-2-6-15-32)45-43(46-42)35-24-26-38-37-17-9-10-18-39(37)47(40(38)28-35)36-25-23-30-13-7-8-16-34(30)27-36;1-27(2)28(3,4)32-29(31-27)21-14-16-24-23-11-7-8-12-25(23)30(26(24)18-21)22-15-13-19-9-5-6-10-20(19)17-22;22-21-24-19(17-9-5-2-6-10-17)23-20(25-21)18-13-11-16(12-14-18)15-7-3-1-4-8-15;;/h1-28H;5-18H,1-4H3;1-14H;1H4;1H/i;;;;1+1. The monoisotopic (exact) mass is 1380 g/mol. The van der Waals surface area contributed by atoms with E-state index >= 15 is 0 Å². The van der Waals surface area contributed by atoms with E-state index in [9.17, 15) is 0 Å². The lowest BCUT2D eigenvalue weighted by molar-refractivity contribution is 0.00578. The molecule has 0 spiro atoms. The summed E-state index contributed by atoms with van der Waals surface area (Å²) in [6.07, 6.45) is 0. The fourth-order valence-corrected chi connectivity index (χ4v) is 14.0. The van der Waals surface area contributed by atoms with E-state index in [2.05, 4.69) is 294 Å². The van der Waals surface area contributed by atoms with Crippen molar-refractivity contribution in [2.75, 3.05) is 0 Å². The lowest BCUT2D eigenvalue weighted by atomic mass is 9.79. The molecule has 1 aliphatic heterocycles. The third kappa shape index (κ3) is 13.3. The van der Waals surface area contributed by atoms with Gasteiger partial charge in [-0.25, -0.2) is 19.9 Å². The van der Waals surface area contributed by atoms with Crippen molar-refractivity contribution in [3.8, 4) is 90.6 Å². The van der Waals surface area contributed by atoms with Crippen molar-refractivity contribution in [1.29, 1.82) is 0 Å². The van der Waals surface area contributed by atoms with E-state index in [4.69, 9.17) is 35.9 Å². The minimum Gasteiger partial charge on any atom is -0.399 e. The average Bonchev–Trinajstić information content (AvgIpc) is 1.58. The summed E-state index contributed by atoms with van der Waals surface area (Å²) in [4.78, 5) is 28.2. The van der Waals surface area contributed by atoms with E-state index in [1.807, 2.05) is 97.1 Å². The molecular weight excluding hydrogens is 1310 g/mol. The molecule has 1 fully saturated rings. The Kier molecular flexibility index (Phi) is 18.1. The highest BCUT2D eigenvalue weighted by Gasteiger charge is 2.52. The van der Waals surface area contributed by atoms with Crippen molar-refractivity contribution in [2.24, 2.45) is 0 Å². The lowest BCUT2D eigenvalue weighted by Crippen LogP contribution is -2.41. The molecule has 105 heavy (non-hydrogen) atoms. The summed E-state index contributed by atoms with van der Waals surface area (Å²) in [6, 6.07) is 118. The number of halogens is 1. The molecule has 0 radical (unpaired) electrons. The van der Waals surface area contributed by atoms with E-state index < -0.39 is 0 Å². The zero-order chi connectivity index (χ0) is 70.3. The predicted molar refractivity (Wildman–Crippen MR) is 437 cm³/mol. The van der Waals surface area contributed by atoms with Gasteiger partial charge in [-0.2, -0.15) is 9.97 Å². The fraction of sp³-hybridized carbons (Fsp3) is 0.0753. The van der Waals surface area contributed by atoms with Crippen LogP contribution in [0.5, 0.6) is 0 Å². The Morgan fingerprint density at radius 1 is 0.276 bits per heavy atom. The second kappa shape index (κ2) is 28.4. The summed E-state index contributed by atoms with van der Waals surface area (Å²) in [5, 5.41) is 9.98. The van der Waals surface area contributed by atoms with Gasteiger partial charge >= 0.3 is 7.12 Å². The zero-order valence-corrected chi connectivity index (χ0v) is 58.4. The Morgan fingerprint density at radius 2 is 0.581 bits per heavy atom. The van der Waals surface area contributed by atoms with Crippen LogP contribution in [0.15, 0.2) is 340 Å². The molecule has 4 aromatic heterocycles. The van der Waals surface area contributed by atoms with Gasteiger partial charge in [0.1, 0.15) is 0 Å². The summed E-state index contributed by atoms with van der Waals surface area (Å²) >= 11 is 6.11. The predicted octanol–water partition coefficient (Wildman–Crippen LogP) is 23.4. The van der Waals surface area contributed by atoms with Crippen molar-refractivity contribution in [1.82, 2.24) is 39.0 Å². The SMILES string of the molecule is C.CC1(C)OB(c2ccc3c4ccccc4n(-c4ccc5ccccc5c4)c3c2)OC1(C)C.Clc1nc(-c2ccccc2)nc(-c2ccc(-c3ccccc3)cc2)n1.[2HH].c1ccc(-c2ccc(-c3nc(-c4ccccc4)nc(-c4ccc5c6ccccc6n(-c6ccc7ccccc7c6)c5c4)n3)cc2)cc1. The fourth-order valence-electron chi connectivity index (χ4n) is 13.8. The van der Waals surface area contributed by atoms with Gasteiger partial charge in [-0.15, -0.1) is 0 Å². The lowest BCUT2D eigenvalue weighted by Gasteiger charge is -2.32. The van der Waals surface area contributed by atoms with Crippen molar-refractivity contribution >= 4 is 89.3 Å². The van der Waals surface area contributed by atoms with Crippen molar-refractivity contribution < 1.29 is 10.7 Å². The normalized spacial score (nSPS) is 13.0.